The van der Waals surface area contributed by atoms with Crippen LogP contribution in [-0.2, 0) is 4.74 Å². The highest BCUT2D eigenvalue weighted by Gasteiger charge is 2.37. The number of thioether (sulfide) groups is 1. The Hall–Kier alpha value is -4.97. The first-order valence-electron chi connectivity index (χ1n) is 15.0. The zero-order valence-corrected chi connectivity index (χ0v) is 27.2. The Balaban J connectivity index is 1.50. The number of rotatable bonds is 9. The van der Waals surface area contributed by atoms with Gasteiger partial charge in [-0.3, -0.25) is 9.36 Å². The number of hydrogen-bond acceptors (Lipinski definition) is 11. The molecule has 46 heavy (non-hydrogen) atoms. The van der Waals surface area contributed by atoms with E-state index in [4.69, 9.17) is 20.2 Å². The molecule has 3 atom stereocenters. The van der Waals surface area contributed by atoms with Gasteiger partial charge in [-0.05, 0) is 48.7 Å². The topological polar surface area (TPSA) is 142 Å². The lowest BCUT2D eigenvalue weighted by atomic mass is 9.83. The number of nitrogens with one attached hydrogen (secondary N) is 1. The summed E-state index contributed by atoms with van der Waals surface area (Å²) in [7, 11) is 3.18. The Kier molecular flexibility index (Phi) is 8.63. The zero-order chi connectivity index (χ0) is 32.4. The number of fused-ring (bicyclic) bond motifs is 1. The van der Waals surface area contributed by atoms with E-state index in [0.717, 1.165) is 22.4 Å². The first-order valence-corrected chi connectivity index (χ1v) is 15.9. The van der Waals surface area contributed by atoms with Crippen LogP contribution in [0.15, 0.2) is 82.8 Å². The third-order valence-electron chi connectivity index (χ3n) is 8.66. The van der Waals surface area contributed by atoms with Crippen molar-refractivity contribution < 1.29 is 9.47 Å². The Morgan fingerprint density at radius 1 is 1.09 bits per heavy atom. The molecule has 0 fully saturated rings. The molecular formula is C34H36N8O3S. The number of aliphatic imine (C=N–C) groups is 1. The van der Waals surface area contributed by atoms with Gasteiger partial charge >= 0.3 is 0 Å². The average molecular weight is 637 g/mol. The van der Waals surface area contributed by atoms with Gasteiger partial charge in [0.1, 0.15) is 11.6 Å². The van der Waals surface area contributed by atoms with Gasteiger partial charge in [-0.25, -0.2) is 19.9 Å². The largest absolute Gasteiger partial charge is 0.481 e. The van der Waals surface area contributed by atoms with Gasteiger partial charge in [0.2, 0.25) is 17.1 Å². The van der Waals surface area contributed by atoms with E-state index >= 15 is 0 Å². The van der Waals surface area contributed by atoms with E-state index in [1.807, 2.05) is 60.7 Å². The molecular weight excluding hydrogens is 600 g/mol. The molecule has 0 bridgehead atoms. The minimum Gasteiger partial charge on any atom is -0.481 e. The second-order valence-corrected chi connectivity index (χ2v) is 12.5. The van der Waals surface area contributed by atoms with Crippen LogP contribution in [0.2, 0.25) is 0 Å². The molecule has 5 aromatic rings. The predicted molar refractivity (Wildman–Crippen MR) is 184 cm³/mol. The number of benzene rings is 2. The second-order valence-electron chi connectivity index (χ2n) is 11.3. The van der Waals surface area contributed by atoms with Gasteiger partial charge in [0.15, 0.2) is 0 Å². The fraction of sp³-hybridized carbons (Fsp3) is 0.294. The van der Waals surface area contributed by atoms with E-state index in [9.17, 15) is 4.79 Å². The van der Waals surface area contributed by atoms with E-state index in [0.29, 0.717) is 46.6 Å². The van der Waals surface area contributed by atoms with Gasteiger partial charge in [0.25, 0.3) is 5.56 Å². The van der Waals surface area contributed by atoms with Crippen molar-refractivity contribution in [3.8, 4) is 22.7 Å². The maximum atomic E-state index is 14.7. The summed E-state index contributed by atoms with van der Waals surface area (Å²) in [6, 6.07) is 19.0. The Morgan fingerprint density at radius 3 is 2.61 bits per heavy atom. The normalized spacial score (nSPS) is 16.5. The van der Waals surface area contributed by atoms with Crippen LogP contribution in [0.1, 0.15) is 49.7 Å². The number of nitrogens with two attached hydrogens (primary N) is 1. The van der Waals surface area contributed by atoms with Crippen LogP contribution in [0, 0.1) is 0 Å². The monoisotopic (exact) mass is 636 g/mol. The van der Waals surface area contributed by atoms with Crippen molar-refractivity contribution in [2.75, 3.05) is 31.8 Å². The quantitative estimate of drug-likeness (QED) is 0.198. The molecule has 3 unspecified atom stereocenters. The molecule has 12 heteroatoms. The van der Waals surface area contributed by atoms with Crippen LogP contribution >= 0.6 is 11.8 Å². The van der Waals surface area contributed by atoms with Crippen LogP contribution < -0.4 is 21.3 Å². The maximum absolute atomic E-state index is 14.7. The predicted octanol–water partition coefficient (Wildman–Crippen LogP) is 6.00. The minimum absolute atomic E-state index is 0.0269. The lowest BCUT2D eigenvalue weighted by Gasteiger charge is -2.37. The van der Waals surface area contributed by atoms with Gasteiger partial charge in [-0.2, -0.15) is 4.98 Å². The number of nitrogens with zero attached hydrogens (tertiary/aromatic N) is 6. The Morgan fingerprint density at radius 2 is 1.89 bits per heavy atom. The standard InChI is InChI=1S/C34H36N8O3S/c1-6-34(3,41-29-24(18-37-32(35)40-29)26-19-38-33(45-5)46-26)20(2)30-39-25-14-10-13-23(21-15-16-36-27(17-21)44-4)28(25)31(43)42(30)22-11-8-7-9-12-22/h7-18,20,26H,6,19H2,1-5H3,(H3,35,37,40,41). The summed E-state index contributed by atoms with van der Waals surface area (Å²) >= 11 is 1.52. The highest BCUT2D eigenvalue weighted by Crippen LogP contribution is 2.41. The molecule has 4 heterocycles. The Labute approximate surface area is 271 Å². The minimum atomic E-state index is -0.608. The molecule has 0 spiro atoms. The third kappa shape index (κ3) is 5.76. The smallest absolute Gasteiger partial charge is 0.266 e. The average Bonchev–Trinajstić information content (AvgIpc) is 3.57. The van der Waals surface area contributed by atoms with Crippen LogP contribution in [0.5, 0.6) is 5.88 Å². The molecule has 3 aromatic heterocycles. The summed E-state index contributed by atoms with van der Waals surface area (Å²) in [5.74, 6) is 1.60. The summed E-state index contributed by atoms with van der Waals surface area (Å²) in [6.45, 7) is 6.84. The van der Waals surface area contributed by atoms with Gasteiger partial charge in [0, 0.05) is 35.5 Å². The number of aromatic nitrogens is 5. The van der Waals surface area contributed by atoms with Gasteiger partial charge in [-0.1, -0.05) is 55.9 Å². The molecule has 0 saturated carbocycles. The van der Waals surface area contributed by atoms with E-state index < -0.39 is 5.54 Å². The van der Waals surface area contributed by atoms with Crippen LogP contribution in [0.4, 0.5) is 11.8 Å². The lowest BCUT2D eigenvalue weighted by molar-refractivity contribution is 0.398. The number of methoxy groups -OCH3 is 2. The lowest BCUT2D eigenvalue weighted by Crippen LogP contribution is -2.43. The first-order chi connectivity index (χ1) is 22.3. The molecule has 2 aromatic carbocycles. The number of hydrogen-bond donors (Lipinski definition) is 2. The molecule has 236 valence electrons. The van der Waals surface area contributed by atoms with Crippen molar-refractivity contribution in [2.24, 2.45) is 4.99 Å². The molecule has 1 aliphatic rings. The second kappa shape index (κ2) is 12.8. The summed E-state index contributed by atoms with van der Waals surface area (Å²) < 4.78 is 12.5. The molecule has 0 aliphatic carbocycles. The summed E-state index contributed by atoms with van der Waals surface area (Å²) in [5.41, 5.74) is 9.10. The highest BCUT2D eigenvalue weighted by atomic mass is 32.2. The van der Waals surface area contributed by atoms with E-state index in [2.05, 4.69) is 46.0 Å². The van der Waals surface area contributed by atoms with Gasteiger partial charge < -0.3 is 20.5 Å². The third-order valence-corrected chi connectivity index (χ3v) is 9.85. The van der Waals surface area contributed by atoms with Crippen LogP contribution in [0.3, 0.4) is 0 Å². The van der Waals surface area contributed by atoms with E-state index in [1.54, 1.807) is 31.2 Å². The van der Waals surface area contributed by atoms with Crippen molar-refractivity contribution in [1.29, 1.82) is 0 Å². The Bertz CT molecular complexity index is 1980. The summed E-state index contributed by atoms with van der Waals surface area (Å²) in [4.78, 5) is 37.6. The first kappa shape index (κ1) is 31.0. The molecule has 0 amide bonds. The highest BCUT2D eigenvalue weighted by molar-refractivity contribution is 8.14. The molecule has 1 aliphatic heterocycles. The van der Waals surface area contributed by atoms with Crippen molar-refractivity contribution in [2.45, 2.75) is 43.9 Å². The van der Waals surface area contributed by atoms with E-state index in [-0.39, 0.29) is 22.7 Å². The zero-order valence-electron chi connectivity index (χ0n) is 26.4. The number of para-hydroxylation sites is 1. The fourth-order valence-electron chi connectivity index (χ4n) is 5.72. The molecule has 0 radical (unpaired) electrons. The van der Waals surface area contributed by atoms with Crippen molar-refractivity contribution in [3.63, 3.8) is 0 Å². The number of nitrogen functional groups attached to an aromatic ring is 1. The maximum Gasteiger partial charge on any atom is 0.266 e. The van der Waals surface area contributed by atoms with Crippen molar-refractivity contribution in [1.82, 2.24) is 24.5 Å². The molecule has 3 N–H and O–H groups in total. The number of pyridine rings is 1. The van der Waals surface area contributed by atoms with Crippen molar-refractivity contribution in [3.05, 3.63) is 94.8 Å². The fourth-order valence-corrected chi connectivity index (χ4v) is 6.66. The molecule has 11 nitrogen and oxygen atoms in total. The van der Waals surface area contributed by atoms with Crippen molar-refractivity contribution >= 4 is 39.7 Å². The number of ether oxygens (including phenoxy) is 2. The summed E-state index contributed by atoms with van der Waals surface area (Å²) in [5, 5.41) is 4.81. The van der Waals surface area contributed by atoms with Gasteiger partial charge in [-0.15, -0.1) is 0 Å². The van der Waals surface area contributed by atoms with Crippen LogP contribution in [-0.4, -0.2) is 56.0 Å². The van der Waals surface area contributed by atoms with Crippen LogP contribution in [0.25, 0.3) is 27.7 Å². The van der Waals surface area contributed by atoms with E-state index in [1.165, 1.54) is 11.8 Å². The molecule has 6 rings (SSSR count). The number of anilines is 2. The SMILES string of the molecule is CCC(C)(Nc1nc(N)ncc1C1CN=C(OC)S1)C(C)c1nc2cccc(-c3ccnc(OC)c3)c2c(=O)n1-c1ccccc1. The molecule has 0 saturated heterocycles. The van der Waals surface area contributed by atoms with Gasteiger partial charge in [0.05, 0.1) is 42.6 Å². The summed E-state index contributed by atoms with van der Waals surface area (Å²) in [6.07, 6.45) is 4.11.